The number of anilines is 2. The summed E-state index contributed by atoms with van der Waals surface area (Å²) in [6, 6.07) is 1.88. The number of piperidine rings is 1. The van der Waals surface area contributed by atoms with Gasteiger partial charge in [-0.05, 0) is 31.2 Å². The van der Waals surface area contributed by atoms with Crippen molar-refractivity contribution in [2.45, 2.75) is 26.2 Å². The smallest absolute Gasteiger partial charge is 0.263 e. The fourth-order valence-corrected chi connectivity index (χ4v) is 3.49. The largest absolute Gasteiger partial charge is 0.397 e. The molecule has 1 aliphatic rings. The third-order valence-electron chi connectivity index (χ3n) is 3.58. The normalized spacial score (nSPS) is 19.1. The number of carbonyl (C=O) groups excluding carboxylic acids is 1. The molecule has 1 unspecified atom stereocenters. The summed E-state index contributed by atoms with van der Waals surface area (Å²) in [6.07, 6.45) is 3.05. The number of hydrogen-bond acceptors (Lipinski definition) is 5. The SMILES string of the molecule is CCCNC(=O)c1sc(N2CCCC(CO)C2)cc1N. The van der Waals surface area contributed by atoms with E-state index in [4.69, 9.17) is 5.73 Å². The van der Waals surface area contributed by atoms with Crippen molar-refractivity contribution in [3.8, 4) is 0 Å². The first kappa shape index (κ1) is 15.1. The molecule has 1 amide bonds. The first-order valence-corrected chi connectivity index (χ1v) is 8.00. The van der Waals surface area contributed by atoms with Gasteiger partial charge in [0.05, 0.1) is 10.7 Å². The topological polar surface area (TPSA) is 78.6 Å². The van der Waals surface area contributed by atoms with E-state index in [9.17, 15) is 9.90 Å². The Bertz CT molecular complexity index is 461. The number of nitrogens with one attached hydrogen (secondary N) is 1. The average molecular weight is 297 g/mol. The van der Waals surface area contributed by atoms with Crippen molar-refractivity contribution in [2.75, 3.05) is 36.9 Å². The van der Waals surface area contributed by atoms with Gasteiger partial charge in [0.2, 0.25) is 0 Å². The first-order valence-electron chi connectivity index (χ1n) is 7.19. The van der Waals surface area contributed by atoms with Gasteiger partial charge in [0.25, 0.3) is 5.91 Å². The lowest BCUT2D eigenvalue weighted by molar-refractivity contribution is 0.0958. The van der Waals surface area contributed by atoms with Gasteiger partial charge >= 0.3 is 0 Å². The molecule has 1 aromatic rings. The Morgan fingerprint density at radius 2 is 2.45 bits per heavy atom. The summed E-state index contributed by atoms with van der Waals surface area (Å²) < 4.78 is 0. The summed E-state index contributed by atoms with van der Waals surface area (Å²) in [4.78, 5) is 14.8. The standard InChI is InChI=1S/C14H23N3O2S/c1-2-5-16-14(19)13-11(15)7-12(20-13)17-6-3-4-10(8-17)9-18/h7,10,18H,2-6,8-9,15H2,1H3,(H,16,19). The second-order valence-corrected chi connectivity index (χ2v) is 6.29. The van der Waals surface area contributed by atoms with Gasteiger partial charge in [-0.1, -0.05) is 6.92 Å². The van der Waals surface area contributed by atoms with Crippen LogP contribution in [0.2, 0.25) is 0 Å². The van der Waals surface area contributed by atoms with Crippen molar-refractivity contribution >= 4 is 27.9 Å². The van der Waals surface area contributed by atoms with E-state index in [-0.39, 0.29) is 12.5 Å². The molecule has 2 rings (SSSR count). The third-order valence-corrected chi connectivity index (χ3v) is 4.79. The van der Waals surface area contributed by atoms with Crippen molar-refractivity contribution in [1.82, 2.24) is 5.32 Å². The van der Waals surface area contributed by atoms with Gasteiger partial charge in [-0.3, -0.25) is 4.79 Å². The summed E-state index contributed by atoms with van der Waals surface area (Å²) >= 11 is 1.44. The highest BCUT2D eigenvalue weighted by molar-refractivity contribution is 7.18. The zero-order chi connectivity index (χ0) is 14.5. The molecule has 0 radical (unpaired) electrons. The number of aliphatic hydroxyl groups is 1. The van der Waals surface area contributed by atoms with E-state index < -0.39 is 0 Å². The van der Waals surface area contributed by atoms with E-state index in [1.54, 1.807) is 0 Å². The van der Waals surface area contributed by atoms with Crippen LogP contribution in [-0.2, 0) is 0 Å². The predicted octanol–water partition coefficient (Wildman–Crippen LogP) is 1.68. The molecular formula is C14H23N3O2S. The lowest BCUT2D eigenvalue weighted by Crippen LogP contribution is -2.36. The van der Waals surface area contributed by atoms with Crippen molar-refractivity contribution in [3.63, 3.8) is 0 Å². The lowest BCUT2D eigenvalue weighted by atomic mass is 9.99. The third kappa shape index (κ3) is 3.43. The Kier molecular flexibility index (Phi) is 5.25. The van der Waals surface area contributed by atoms with Crippen LogP contribution in [0.25, 0.3) is 0 Å². The molecule has 6 heteroatoms. The van der Waals surface area contributed by atoms with Gasteiger partial charge in [0.1, 0.15) is 4.88 Å². The predicted molar refractivity (Wildman–Crippen MR) is 83.4 cm³/mol. The molecule has 0 saturated carbocycles. The minimum atomic E-state index is -0.0867. The molecule has 1 saturated heterocycles. The zero-order valence-electron chi connectivity index (χ0n) is 11.9. The Morgan fingerprint density at radius 1 is 1.65 bits per heavy atom. The van der Waals surface area contributed by atoms with Gasteiger partial charge in [0, 0.05) is 26.2 Å². The molecular weight excluding hydrogens is 274 g/mol. The van der Waals surface area contributed by atoms with Gasteiger partial charge in [-0.15, -0.1) is 11.3 Å². The number of hydrogen-bond donors (Lipinski definition) is 3. The zero-order valence-corrected chi connectivity index (χ0v) is 12.7. The second kappa shape index (κ2) is 6.95. The number of nitrogens with zero attached hydrogens (tertiary/aromatic N) is 1. The minimum Gasteiger partial charge on any atom is -0.397 e. The summed E-state index contributed by atoms with van der Waals surface area (Å²) in [5.74, 6) is 0.237. The van der Waals surface area contributed by atoms with Gasteiger partial charge in [-0.25, -0.2) is 0 Å². The Hall–Kier alpha value is -1.27. The molecule has 1 aromatic heterocycles. The van der Waals surface area contributed by atoms with Crippen LogP contribution in [0, 0.1) is 5.92 Å². The van der Waals surface area contributed by atoms with E-state index in [1.165, 1.54) is 11.3 Å². The number of carbonyl (C=O) groups is 1. The van der Waals surface area contributed by atoms with E-state index in [2.05, 4.69) is 10.2 Å². The lowest BCUT2D eigenvalue weighted by Gasteiger charge is -2.32. The van der Waals surface area contributed by atoms with Crippen LogP contribution in [0.3, 0.4) is 0 Å². The van der Waals surface area contributed by atoms with Gasteiger partial charge in [-0.2, -0.15) is 0 Å². The van der Waals surface area contributed by atoms with E-state index >= 15 is 0 Å². The maximum absolute atomic E-state index is 12.0. The molecule has 1 aliphatic heterocycles. The molecule has 0 spiro atoms. The number of amides is 1. The Labute approximate surface area is 123 Å². The second-order valence-electron chi connectivity index (χ2n) is 5.26. The van der Waals surface area contributed by atoms with Crippen LogP contribution >= 0.6 is 11.3 Å². The summed E-state index contributed by atoms with van der Waals surface area (Å²) in [7, 11) is 0. The Morgan fingerprint density at radius 3 is 3.15 bits per heavy atom. The number of nitrogens with two attached hydrogens (primary N) is 1. The van der Waals surface area contributed by atoms with Gasteiger partial charge < -0.3 is 21.1 Å². The maximum atomic E-state index is 12.0. The highest BCUT2D eigenvalue weighted by Crippen LogP contribution is 2.34. The van der Waals surface area contributed by atoms with Crippen molar-refractivity contribution in [3.05, 3.63) is 10.9 Å². The van der Waals surface area contributed by atoms with Crippen LogP contribution in [-0.4, -0.2) is 37.3 Å². The summed E-state index contributed by atoms with van der Waals surface area (Å²) in [6.45, 7) is 4.72. The Balaban J connectivity index is 2.08. The van der Waals surface area contributed by atoms with Crippen LogP contribution < -0.4 is 16.0 Å². The first-order chi connectivity index (χ1) is 9.65. The highest BCUT2D eigenvalue weighted by Gasteiger charge is 2.23. The van der Waals surface area contributed by atoms with Crippen LogP contribution in [0.5, 0.6) is 0 Å². The fourth-order valence-electron chi connectivity index (χ4n) is 2.46. The summed E-state index contributed by atoms with van der Waals surface area (Å²) in [5, 5.41) is 13.2. The quantitative estimate of drug-likeness (QED) is 0.772. The van der Waals surface area contributed by atoms with Crippen molar-refractivity contribution < 1.29 is 9.90 Å². The molecule has 2 heterocycles. The van der Waals surface area contributed by atoms with E-state index in [0.717, 1.165) is 37.4 Å². The molecule has 20 heavy (non-hydrogen) atoms. The van der Waals surface area contributed by atoms with E-state index in [1.807, 2.05) is 13.0 Å². The molecule has 4 N–H and O–H groups in total. The maximum Gasteiger partial charge on any atom is 0.263 e. The molecule has 0 aliphatic carbocycles. The molecule has 0 bridgehead atoms. The minimum absolute atomic E-state index is 0.0867. The molecule has 5 nitrogen and oxygen atoms in total. The van der Waals surface area contributed by atoms with Gasteiger partial charge in [0.15, 0.2) is 0 Å². The number of nitrogen functional groups attached to an aromatic ring is 1. The average Bonchev–Trinajstić information content (AvgIpc) is 2.87. The summed E-state index contributed by atoms with van der Waals surface area (Å²) in [5.41, 5.74) is 6.51. The van der Waals surface area contributed by atoms with E-state index in [0.29, 0.717) is 23.0 Å². The number of aliphatic hydroxyl groups excluding tert-OH is 1. The van der Waals surface area contributed by atoms with Crippen molar-refractivity contribution in [2.24, 2.45) is 5.92 Å². The van der Waals surface area contributed by atoms with Crippen molar-refractivity contribution in [1.29, 1.82) is 0 Å². The van der Waals surface area contributed by atoms with Crippen LogP contribution in [0.1, 0.15) is 35.9 Å². The van der Waals surface area contributed by atoms with Crippen LogP contribution in [0.4, 0.5) is 10.7 Å². The number of rotatable bonds is 5. The van der Waals surface area contributed by atoms with Crippen LogP contribution in [0.15, 0.2) is 6.07 Å². The molecule has 1 atom stereocenters. The molecule has 0 aromatic carbocycles. The highest BCUT2D eigenvalue weighted by atomic mass is 32.1. The molecule has 112 valence electrons. The monoisotopic (exact) mass is 297 g/mol. The number of thiophene rings is 1. The fraction of sp³-hybridized carbons (Fsp3) is 0.643. The molecule has 1 fully saturated rings.